The minimum absolute atomic E-state index is 0.187. The first-order valence-corrected chi connectivity index (χ1v) is 6.80. The number of halogens is 1. The maximum absolute atomic E-state index is 14.0. The molecule has 0 amide bonds. The topological polar surface area (TPSA) is 29.3 Å². The Labute approximate surface area is 109 Å². The lowest BCUT2D eigenvalue weighted by Gasteiger charge is -2.37. The molecule has 1 aliphatic rings. The summed E-state index contributed by atoms with van der Waals surface area (Å²) in [6.45, 7) is 7.05. The minimum atomic E-state index is -0.602. The molecule has 0 spiro atoms. The minimum Gasteiger partial charge on any atom is -0.320 e. The Balaban J connectivity index is 2.28. The molecule has 1 atom stereocenters. The Morgan fingerprint density at radius 1 is 1.28 bits per heavy atom. The highest BCUT2D eigenvalue weighted by Gasteiger charge is 2.35. The molecule has 1 fully saturated rings. The second kappa shape index (κ2) is 5.37. The second-order valence-electron chi connectivity index (χ2n) is 5.66. The molecule has 0 aromatic heterocycles. The van der Waals surface area contributed by atoms with Crippen molar-refractivity contribution in [2.45, 2.75) is 32.2 Å². The highest BCUT2D eigenvalue weighted by Crippen LogP contribution is 2.30. The molecule has 1 saturated heterocycles. The molecule has 1 heterocycles. The Hall–Kier alpha value is -0.930. The van der Waals surface area contributed by atoms with Crippen LogP contribution in [0.2, 0.25) is 0 Å². The fourth-order valence-corrected chi connectivity index (χ4v) is 2.73. The van der Waals surface area contributed by atoms with E-state index in [2.05, 4.69) is 18.7 Å². The van der Waals surface area contributed by atoms with Crippen molar-refractivity contribution < 1.29 is 4.39 Å². The molecule has 2 rings (SSSR count). The summed E-state index contributed by atoms with van der Waals surface area (Å²) in [6, 6.07) is 6.91. The largest absolute Gasteiger partial charge is 0.320 e. The van der Waals surface area contributed by atoms with Gasteiger partial charge in [0.15, 0.2) is 0 Å². The SMILES string of the molecule is CC(C)C(N)(CN1CCCC1)c1ccccc1F. The van der Waals surface area contributed by atoms with Gasteiger partial charge in [-0.2, -0.15) is 0 Å². The van der Waals surface area contributed by atoms with E-state index in [4.69, 9.17) is 5.73 Å². The summed E-state index contributed by atoms with van der Waals surface area (Å²) in [5.74, 6) is 0.0166. The van der Waals surface area contributed by atoms with Crippen molar-refractivity contribution in [1.29, 1.82) is 0 Å². The van der Waals surface area contributed by atoms with E-state index in [9.17, 15) is 4.39 Å². The average Bonchev–Trinajstić information content (AvgIpc) is 2.81. The standard InChI is InChI=1S/C15H23FN2/c1-12(2)15(17,11-18-9-5-6-10-18)13-7-3-4-8-14(13)16/h3-4,7-8,12H,5-6,9-11,17H2,1-2H3. The first kappa shape index (κ1) is 13.5. The van der Waals surface area contributed by atoms with Crippen LogP contribution in [0, 0.1) is 11.7 Å². The third-order valence-electron chi connectivity index (χ3n) is 4.09. The summed E-state index contributed by atoms with van der Waals surface area (Å²) in [6.07, 6.45) is 2.46. The van der Waals surface area contributed by atoms with Crippen LogP contribution in [0.5, 0.6) is 0 Å². The van der Waals surface area contributed by atoms with Gasteiger partial charge in [0.05, 0.1) is 5.54 Å². The molecule has 18 heavy (non-hydrogen) atoms. The van der Waals surface area contributed by atoms with Crippen LogP contribution in [-0.2, 0) is 5.54 Å². The van der Waals surface area contributed by atoms with E-state index >= 15 is 0 Å². The van der Waals surface area contributed by atoms with E-state index in [1.165, 1.54) is 18.9 Å². The van der Waals surface area contributed by atoms with E-state index in [-0.39, 0.29) is 11.7 Å². The Morgan fingerprint density at radius 2 is 1.89 bits per heavy atom. The maximum atomic E-state index is 14.0. The molecular formula is C15H23FN2. The third kappa shape index (κ3) is 2.57. The molecule has 1 aromatic rings. The van der Waals surface area contributed by atoms with Crippen LogP contribution in [0.15, 0.2) is 24.3 Å². The maximum Gasteiger partial charge on any atom is 0.128 e. The molecular weight excluding hydrogens is 227 g/mol. The van der Waals surface area contributed by atoms with Crippen molar-refractivity contribution in [3.05, 3.63) is 35.6 Å². The Bertz CT molecular complexity index is 399. The number of nitrogens with two attached hydrogens (primary N) is 1. The Kier molecular flexibility index (Phi) is 4.03. The summed E-state index contributed by atoms with van der Waals surface area (Å²) in [7, 11) is 0. The van der Waals surface area contributed by atoms with Crippen LogP contribution in [0.3, 0.4) is 0 Å². The van der Waals surface area contributed by atoms with Crippen LogP contribution in [-0.4, -0.2) is 24.5 Å². The van der Waals surface area contributed by atoms with Gasteiger partial charge >= 0.3 is 0 Å². The van der Waals surface area contributed by atoms with Crippen molar-refractivity contribution in [1.82, 2.24) is 4.90 Å². The number of likely N-dealkylation sites (tertiary alicyclic amines) is 1. The van der Waals surface area contributed by atoms with Crippen LogP contribution < -0.4 is 5.73 Å². The number of hydrogen-bond donors (Lipinski definition) is 1. The molecule has 0 radical (unpaired) electrons. The first-order valence-electron chi connectivity index (χ1n) is 6.80. The summed E-state index contributed by atoms with van der Waals surface area (Å²) in [5, 5.41) is 0. The van der Waals surface area contributed by atoms with E-state index in [1.807, 2.05) is 12.1 Å². The van der Waals surface area contributed by atoms with Crippen LogP contribution >= 0.6 is 0 Å². The van der Waals surface area contributed by atoms with Gasteiger partial charge in [-0.1, -0.05) is 32.0 Å². The molecule has 1 unspecified atom stereocenters. The molecule has 2 N–H and O–H groups in total. The highest BCUT2D eigenvalue weighted by atomic mass is 19.1. The summed E-state index contributed by atoms with van der Waals surface area (Å²) >= 11 is 0. The zero-order valence-corrected chi connectivity index (χ0v) is 11.3. The second-order valence-corrected chi connectivity index (χ2v) is 5.66. The van der Waals surface area contributed by atoms with Gasteiger partial charge in [-0.3, -0.25) is 0 Å². The monoisotopic (exact) mass is 250 g/mol. The summed E-state index contributed by atoms with van der Waals surface area (Å²) < 4.78 is 14.0. The smallest absolute Gasteiger partial charge is 0.128 e. The van der Waals surface area contributed by atoms with E-state index in [0.29, 0.717) is 5.56 Å². The Morgan fingerprint density at radius 3 is 2.44 bits per heavy atom. The van der Waals surface area contributed by atoms with Gasteiger partial charge in [0.25, 0.3) is 0 Å². The van der Waals surface area contributed by atoms with Crippen LogP contribution in [0.4, 0.5) is 4.39 Å². The third-order valence-corrected chi connectivity index (χ3v) is 4.09. The molecule has 0 aliphatic carbocycles. The normalized spacial score (nSPS) is 20.3. The van der Waals surface area contributed by atoms with Gasteiger partial charge < -0.3 is 10.6 Å². The molecule has 100 valence electrons. The van der Waals surface area contributed by atoms with Gasteiger partial charge in [0.1, 0.15) is 5.82 Å². The van der Waals surface area contributed by atoms with Gasteiger partial charge in [-0.05, 0) is 37.9 Å². The lowest BCUT2D eigenvalue weighted by molar-refractivity contribution is 0.194. The van der Waals surface area contributed by atoms with Gasteiger partial charge in [-0.25, -0.2) is 4.39 Å². The van der Waals surface area contributed by atoms with E-state index < -0.39 is 5.54 Å². The fraction of sp³-hybridized carbons (Fsp3) is 0.600. The van der Waals surface area contributed by atoms with E-state index in [1.54, 1.807) is 6.07 Å². The van der Waals surface area contributed by atoms with Gasteiger partial charge in [-0.15, -0.1) is 0 Å². The van der Waals surface area contributed by atoms with Crippen molar-refractivity contribution in [3.63, 3.8) is 0 Å². The zero-order valence-electron chi connectivity index (χ0n) is 11.3. The van der Waals surface area contributed by atoms with Crippen molar-refractivity contribution in [2.24, 2.45) is 11.7 Å². The van der Waals surface area contributed by atoms with Crippen LogP contribution in [0.25, 0.3) is 0 Å². The lowest BCUT2D eigenvalue weighted by Crippen LogP contribution is -2.51. The molecule has 0 bridgehead atoms. The van der Waals surface area contributed by atoms with Gasteiger partial charge in [0, 0.05) is 12.1 Å². The first-order chi connectivity index (χ1) is 8.54. The predicted octanol–water partition coefficient (Wildman–Crippen LogP) is 2.73. The molecule has 1 aromatic carbocycles. The zero-order chi connectivity index (χ0) is 13.2. The van der Waals surface area contributed by atoms with Gasteiger partial charge in [0.2, 0.25) is 0 Å². The summed E-state index contributed by atoms with van der Waals surface area (Å²) in [5.41, 5.74) is 6.60. The molecule has 3 heteroatoms. The van der Waals surface area contributed by atoms with E-state index in [0.717, 1.165) is 19.6 Å². The summed E-state index contributed by atoms with van der Waals surface area (Å²) in [4.78, 5) is 2.35. The number of rotatable bonds is 4. The van der Waals surface area contributed by atoms with Crippen molar-refractivity contribution in [2.75, 3.05) is 19.6 Å². The highest BCUT2D eigenvalue weighted by molar-refractivity contribution is 5.27. The molecule has 1 aliphatic heterocycles. The quantitative estimate of drug-likeness (QED) is 0.890. The number of hydrogen-bond acceptors (Lipinski definition) is 2. The molecule has 2 nitrogen and oxygen atoms in total. The average molecular weight is 250 g/mol. The number of benzene rings is 1. The van der Waals surface area contributed by atoms with Crippen LogP contribution in [0.1, 0.15) is 32.3 Å². The van der Waals surface area contributed by atoms with Crippen molar-refractivity contribution in [3.8, 4) is 0 Å². The number of nitrogens with zero attached hydrogens (tertiary/aromatic N) is 1. The predicted molar refractivity (Wildman–Crippen MR) is 72.8 cm³/mol. The molecule has 0 saturated carbocycles. The fourth-order valence-electron chi connectivity index (χ4n) is 2.73. The van der Waals surface area contributed by atoms with Crippen molar-refractivity contribution >= 4 is 0 Å². The lowest BCUT2D eigenvalue weighted by atomic mass is 9.80.